The number of fused-ring (bicyclic) bond motifs is 1. The van der Waals surface area contributed by atoms with E-state index < -0.39 is 85.4 Å². The Hall–Kier alpha value is -3.30. The van der Waals surface area contributed by atoms with E-state index in [2.05, 4.69) is 10.6 Å². The van der Waals surface area contributed by atoms with E-state index in [1.54, 1.807) is 0 Å². The zero-order valence-electron chi connectivity index (χ0n) is 31.4. The second-order valence-corrected chi connectivity index (χ2v) is 8.31. The lowest BCUT2D eigenvalue weighted by molar-refractivity contribution is -0.136. The van der Waals surface area contributed by atoms with Crippen molar-refractivity contribution in [1.29, 1.82) is 0 Å². The number of carbonyl (C=O) groups excluding carboxylic acids is 3. The van der Waals surface area contributed by atoms with Crippen molar-refractivity contribution in [3.63, 3.8) is 0 Å². The van der Waals surface area contributed by atoms with Crippen LogP contribution in [0.5, 0.6) is 0 Å². The lowest BCUT2D eigenvalue weighted by Crippen LogP contribution is -2.52. The van der Waals surface area contributed by atoms with Gasteiger partial charge in [-0.15, -0.1) is 0 Å². The molecule has 3 unspecified atom stereocenters. The molecule has 3 amide bonds. The van der Waals surface area contributed by atoms with Crippen LogP contribution >= 0.6 is 0 Å². The molecule has 8 nitrogen and oxygen atoms in total. The van der Waals surface area contributed by atoms with E-state index in [0.29, 0.717) is 11.0 Å². The van der Waals surface area contributed by atoms with Gasteiger partial charge in [-0.1, -0.05) is 18.2 Å². The van der Waals surface area contributed by atoms with Crippen LogP contribution < -0.4 is 10.6 Å². The lowest BCUT2D eigenvalue weighted by Gasteiger charge is -2.35. The van der Waals surface area contributed by atoms with Crippen molar-refractivity contribution >= 4 is 23.4 Å². The Morgan fingerprint density at radius 3 is 2.72 bits per heavy atom. The molecule has 2 fully saturated rings. The molecule has 0 aromatic heterocycles. The summed E-state index contributed by atoms with van der Waals surface area (Å²) in [5.74, 6) is -3.71. The summed E-state index contributed by atoms with van der Waals surface area (Å²) in [5, 5.41) is 4.47. The van der Waals surface area contributed by atoms with E-state index in [9.17, 15) is 14.4 Å². The Balaban J connectivity index is 1.50. The minimum absolute atomic E-state index is 0.0154. The number of hydrogen-bond donors (Lipinski definition) is 2. The number of nitrogens with zero attached hydrogens (tertiary/aromatic N) is 2. The third-order valence-corrected chi connectivity index (χ3v) is 5.65. The molecule has 2 saturated heterocycles. The number of halogens is 1. The minimum atomic E-state index is -3.23. The normalized spacial score (nSPS) is 38.6. The first kappa shape index (κ1) is 13.9. The van der Waals surface area contributed by atoms with Crippen LogP contribution in [0.2, 0.25) is 0 Å². The molecular weight excluding hydrogens is 463 g/mol. The summed E-state index contributed by atoms with van der Waals surface area (Å²) >= 11 is 0. The van der Waals surface area contributed by atoms with Crippen molar-refractivity contribution in [3.05, 3.63) is 64.5 Å². The van der Waals surface area contributed by atoms with Gasteiger partial charge in [0.05, 0.1) is 20.4 Å². The van der Waals surface area contributed by atoms with Crippen molar-refractivity contribution in [3.8, 4) is 0 Å². The van der Waals surface area contributed by atoms with Gasteiger partial charge in [0.1, 0.15) is 11.9 Å². The Morgan fingerprint density at radius 2 is 2.00 bits per heavy atom. The minimum Gasteiger partial charge on any atom is -0.381 e. The van der Waals surface area contributed by atoms with Crippen molar-refractivity contribution in [2.45, 2.75) is 64.4 Å². The zero-order valence-corrected chi connectivity index (χ0v) is 19.4. The van der Waals surface area contributed by atoms with Crippen LogP contribution in [0, 0.1) is 5.82 Å². The molecule has 0 saturated carbocycles. The monoisotopic (exact) mass is 506 g/mol. The molecule has 5 rings (SSSR count). The third kappa shape index (κ3) is 4.99. The molecule has 3 aliphatic rings. The lowest BCUT2D eigenvalue weighted by atomic mass is 10.0. The molecule has 36 heavy (non-hydrogen) atoms. The molecule has 0 spiro atoms. The molecule has 9 heteroatoms. The number of nitrogens with one attached hydrogen (secondary N) is 2. The van der Waals surface area contributed by atoms with Gasteiger partial charge in [0.2, 0.25) is 11.8 Å². The average molecular weight is 507 g/mol. The standard InChI is InChI=1S/C27H31FN4O4/c1-16-12-31(13-17(2)36-16)14-18-6-7-19(22(28)10-18)11-29-23-5-3-4-20-21(23)15-32(27(20)35)24-8-9-25(33)30-26(24)34/h3-7,10,16-17,24,29H,8-9,11-15H2,1-2H3,(H,30,33,34)/i11D2,12D2,13D2,14D2,15D2,16D,17D. The second-order valence-electron chi connectivity index (χ2n) is 8.31. The van der Waals surface area contributed by atoms with Crippen LogP contribution in [0.3, 0.4) is 0 Å². The fourth-order valence-corrected chi connectivity index (χ4v) is 4.03. The number of benzene rings is 2. The van der Waals surface area contributed by atoms with Crippen molar-refractivity contribution in [2.24, 2.45) is 0 Å². The first-order chi connectivity index (χ1) is 21.7. The molecule has 2 aromatic rings. The Morgan fingerprint density at radius 1 is 1.22 bits per heavy atom. The Labute approximate surface area is 226 Å². The summed E-state index contributed by atoms with van der Waals surface area (Å²) < 4.78 is 123. The van der Waals surface area contributed by atoms with Crippen LogP contribution in [0.1, 0.15) is 70.2 Å². The quantitative estimate of drug-likeness (QED) is 0.586. The van der Waals surface area contributed by atoms with E-state index in [-0.39, 0.29) is 34.6 Å². The zero-order chi connectivity index (χ0) is 36.2. The number of amides is 3. The summed E-state index contributed by atoms with van der Waals surface area (Å²) in [7, 11) is 0. The summed E-state index contributed by atoms with van der Waals surface area (Å²) in [6.07, 6.45) is -5.59. The molecule has 0 aliphatic carbocycles. The highest BCUT2D eigenvalue weighted by Crippen LogP contribution is 2.32. The van der Waals surface area contributed by atoms with Gasteiger partial charge in [0.25, 0.3) is 5.91 Å². The van der Waals surface area contributed by atoms with Gasteiger partial charge in [0.15, 0.2) is 0 Å². The van der Waals surface area contributed by atoms with E-state index in [1.807, 2.05) is 0 Å². The molecule has 3 heterocycles. The summed E-state index contributed by atoms with van der Waals surface area (Å²) in [6.45, 7) is -13.4. The number of rotatable bonds is 6. The van der Waals surface area contributed by atoms with E-state index in [1.165, 1.54) is 18.2 Å². The molecule has 3 aliphatic heterocycles. The van der Waals surface area contributed by atoms with Gasteiger partial charge >= 0.3 is 0 Å². The predicted octanol–water partition coefficient (Wildman–Crippen LogP) is 2.81. The highest BCUT2D eigenvalue weighted by Gasteiger charge is 2.39. The summed E-state index contributed by atoms with van der Waals surface area (Å²) in [4.78, 5) is 38.2. The maximum atomic E-state index is 15.7. The smallest absolute Gasteiger partial charge is 0.255 e. The fraction of sp³-hybridized carbons (Fsp3) is 0.444. The SMILES string of the molecule is [2H]C([2H])(Nc1cccc2c1C([2H])([2H])N(C1CCC(=O)NC1=O)C2=O)c1ccc(C([2H])([2H])N2C([2H])([2H])C([2H])(C)OC([2H])(C)C2([2H])[2H])cc1F. The molecule has 0 bridgehead atoms. The van der Waals surface area contributed by atoms with Gasteiger partial charge in [-0.05, 0) is 44.0 Å². The van der Waals surface area contributed by atoms with Gasteiger partial charge in [-0.2, -0.15) is 0 Å². The van der Waals surface area contributed by atoms with Crippen molar-refractivity contribution in [2.75, 3.05) is 18.3 Å². The van der Waals surface area contributed by atoms with Crippen molar-refractivity contribution < 1.29 is 40.0 Å². The van der Waals surface area contributed by atoms with Crippen molar-refractivity contribution in [1.82, 2.24) is 15.1 Å². The predicted molar refractivity (Wildman–Crippen MR) is 131 cm³/mol. The Kier molecular flexibility index (Phi) is 3.84. The number of ether oxygens (including phenoxy) is 1. The van der Waals surface area contributed by atoms with Crippen LogP contribution in [0.25, 0.3) is 0 Å². The van der Waals surface area contributed by atoms with E-state index in [4.69, 9.17) is 21.2 Å². The topological polar surface area (TPSA) is 91.0 Å². The summed E-state index contributed by atoms with van der Waals surface area (Å²) in [6, 6.07) is 4.70. The highest BCUT2D eigenvalue weighted by molar-refractivity contribution is 6.06. The molecular formula is C27H31FN4O4. The first-order valence-electron chi connectivity index (χ1n) is 17.1. The van der Waals surface area contributed by atoms with Gasteiger partial charge in [-0.25, -0.2) is 4.39 Å². The van der Waals surface area contributed by atoms with Gasteiger partial charge in [-0.3, -0.25) is 24.6 Å². The number of carbonyl (C=O) groups is 3. The third-order valence-electron chi connectivity index (χ3n) is 5.65. The Bertz CT molecular complexity index is 1700. The molecule has 3 atom stereocenters. The molecule has 2 N–H and O–H groups in total. The number of imide groups is 1. The number of anilines is 1. The summed E-state index contributed by atoms with van der Waals surface area (Å²) in [5.41, 5.74) is -2.22. The fourth-order valence-electron chi connectivity index (χ4n) is 4.03. The second kappa shape index (κ2) is 9.99. The number of morpholine rings is 1. The maximum Gasteiger partial charge on any atom is 0.255 e. The van der Waals surface area contributed by atoms with Crippen LogP contribution in [-0.2, 0) is 33.8 Å². The van der Waals surface area contributed by atoms with Crippen LogP contribution in [0.4, 0.5) is 10.1 Å². The molecule has 190 valence electrons. The van der Waals surface area contributed by atoms with E-state index >= 15 is 4.39 Å². The maximum absolute atomic E-state index is 15.7. The number of hydrogen-bond acceptors (Lipinski definition) is 6. The largest absolute Gasteiger partial charge is 0.381 e. The first-order valence-corrected chi connectivity index (χ1v) is 11.1. The van der Waals surface area contributed by atoms with E-state index in [0.717, 1.165) is 26.0 Å². The molecule has 0 radical (unpaired) electrons. The highest BCUT2D eigenvalue weighted by atomic mass is 19.1. The van der Waals surface area contributed by atoms with Gasteiger partial charge < -0.3 is 15.0 Å². The van der Waals surface area contributed by atoms with Gasteiger partial charge in [0, 0.05) is 69.5 Å². The molecule has 2 aromatic carbocycles. The van der Waals surface area contributed by atoms with Crippen LogP contribution in [-0.4, -0.2) is 58.7 Å². The number of piperidine rings is 1. The average Bonchev–Trinajstić information content (AvgIpc) is 3.12. The van der Waals surface area contributed by atoms with Crippen LogP contribution in [0.15, 0.2) is 36.4 Å².